The van der Waals surface area contributed by atoms with Crippen molar-refractivity contribution in [2.24, 2.45) is 0 Å². The van der Waals surface area contributed by atoms with Crippen LogP contribution < -0.4 is 10.6 Å². The first-order valence-electron chi connectivity index (χ1n) is 6.72. The average Bonchev–Trinajstić information content (AvgIpc) is 2.92. The molecule has 1 heterocycles. The summed E-state index contributed by atoms with van der Waals surface area (Å²) in [5, 5.41) is 5.54. The zero-order valence-electron chi connectivity index (χ0n) is 11.1. The molecule has 2 N–H and O–H groups in total. The van der Waals surface area contributed by atoms with Crippen LogP contribution >= 0.6 is 0 Å². The molecule has 1 fully saturated rings. The van der Waals surface area contributed by atoms with Crippen LogP contribution in [0.5, 0.6) is 0 Å². The van der Waals surface area contributed by atoms with Crippen LogP contribution in [-0.2, 0) is 9.53 Å². The number of anilines is 1. The lowest BCUT2D eigenvalue weighted by atomic mass is 10.2. The number of rotatable bonds is 6. The van der Waals surface area contributed by atoms with Gasteiger partial charge in [-0.05, 0) is 25.0 Å². The monoisotopic (exact) mass is 284 g/mol. The Morgan fingerprint density at radius 3 is 2.95 bits per heavy atom. The van der Waals surface area contributed by atoms with Crippen LogP contribution in [0.15, 0.2) is 18.2 Å². The molecule has 1 aliphatic heterocycles. The lowest BCUT2D eigenvalue weighted by Crippen LogP contribution is -2.32. The van der Waals surface area contributed by atoms with Gasteiger partial charge in [0.25, 0.3) is 0 Å². The molecule has 0 spiro atoms. The number of hydrogen-bond donors (Lipinski definition) is 2. The van der Waals surface area contributed by atoms with Crippen LogP contribution in [0, 0.1) is 11.6 Å². The van der Waals surface area contributed by atoms with E-state index in [4.69, 9.17) is 4.74 Å². The van der Waals surface area contributed by atoms with Crippen LogP contribution in [0.4, 0.5) is 14.5 Å². The van der Waals surface area contributed by atoms with Gasteiger partial charge in [0.2, 0.25) is 5.91 Å². The number of halogens is 2. The summed E-state index contributed by atoms with van der Waals surface area (Å²) in [5.74, 6) is -1.40. The molecular formula is C14H18F2N2O2. The molecule has 0 radical (unpaired) electrons. The molecule has 1 amide bonds. The maximum Gasteiger partial charge on any atom is 0.221 e. The summed E-state index contributed by atoms with van der Waals surface area (Å²) in [4.78, 5) is 11.6. The van der Waals surface area contributed by atoms with Gasteiger partial charge in [-0.2, -0.15) is 0 Å². The number of hydrogen-bond acceptors (Lipinski definition) is 3. The lowest BCUT2D eigenvalue weighted by molar-refractivity contribution is -0.121. The number of ether oxygens (including phenoxy) is 1. The predicted octanol–water partition coefficient (Wildman–Crippen LogP) is 2.06. The minimum absolute atomic E-state index is 0.112. The lowest BCUT2D eigenvalue weighted by Gasteiger charge is -2.11. The highest BCUT2D eigenvalue weighted by molar-refractivity contribution is 5.76. The Kier molecular flexibility index (Phi) is 5.29. The van der Waals surface area contributed by atoms with Crippen molar-refractivity contribution in [3.05, 3.63) is 29.8 Å². The maximum absolute atomic E-state index is 13.3. The van der Waals surface area contributed by atoms with Gasteiger partial charge in [-0.3, -0.25) is 4.79 Å². The molecule has 1 aliphatic rings. The van der Waals surface area contributed by atoms with Crippen LogP contribution in [0.1, 0.15) is 19.3 Å². The Morgan fingerprint density at radius 2 is 2.25 bits per heavy atom. The van der Waals surface area contributed by atoms with Crippen LogP contribution in [0.2, 0.25) is 0 Å². The van der Waals surface area contributed by atoms with Crippen molar-refractivity contribution in [1.29, 1.82) is 0 Å². The first-order chi connectivity index (χ1) is 9.65. The number of carbonyl (C=O) groups is 1. The average molecular weight is 284 g/mol. The zero-order chi connectivity index (χ0) is 14.4. The normalized spacial score (nSPS) is 18.0. The first kappa shape index (κ1) is 14.7. The molecular weight excluding hydrogens is 266 g/mol. The van der Waals surface area contributed by atoms with Crippen molar-refractivity contribution in [3.63, 3.8) is 0 Å². The molecule has 4 nitrogen and oxygen atoms in total. The summed E-state index contributed by atoms with van der Waals surface area (Å²) >= 11 is 0. The fourth-order valence-electron chi connectivity index (χ4n) is 2.06. The number of carbonyl (C=O) groups excluding carboxylic acids is 1. The van der Waals surface area contributed by atoms with E-state index in [0.29, 0.717) is 13.1 Å². The standard InChI is InChI=1S/C14H18F2N2O2/c15-10-3-4-13(12(16)8-10)17-6-5-14(19)18-9-11-2-1-7-20-11/h3-4,8,11,17H,1-2,5-7,9H2,(H,18,19). The van der Waals surface area contributed by atoms with E-state index in [1.54, 1.807) is 0 Å². The second-order valence-electron chi connectivity index (χ2n) is 4.74. The zero-order valence-corrected chi connectivity index (χ0v) is 11.1. The molecule has 0 aliphatic carbocycles. The molecule has 0 aromatic heterocycles. The Hall–Kier alpha value is -1.69. The summed E-state index contributed by atoms with van der Waals surface area (Å²) in [7, 11) is 0. The molecule has 2 rings (SSSR count). The van der Waals surface area contributed by atoms with Crippen molar-refractivity contribution in [2.75, 3.05) is 25.0 Å². The fraction of sp³-hybridized carbons (Fsp3) is 0.500. The SMILES string of the molecule is O=C(CCNc1ccc(F)cc1F)NCC1CCCO1. The van der Waals surface area contributed by atoms with Crippen molar-refractivity contribution < 1.29 is 18.3 Å². The summed E-state index contributed by atoms with van der Waals surface area (Å²) < 4.78 is 31.4. The molecule has 20 heavy (non-hydrogen) atoms. The molecule has 0 saturated carbocycles. The molecule has 1 atom stereocenters. The Balaban J connectivity index is 1.65. The van der Waals surface area contributed by atoms with Crippen molar-refractivity contribution in [3.8, 4) is 0 Å². The van der Waals surface area contributed by atoms with Gasteiger partial charge in [-0.25, -0.2) is 8.78 Å². The minimum atomic E-state index is -0.662. The van der Waals surface area contributed by atoms with Crippen LogP contribution in [-0.4, -0.2) is 31.7 Å². The van der Waals surface area contributed by atoms with Crippen molar-refractivity contribution in [1.82, 2.24) is 5.32 Å². The van der Waals surface area contributed by atoms with Crippen LogP contribution in [0.25, 0.3) is 0 Å². The summed E-state index contributed by atoms with van der Waals surface area (Å²) in [6, 6.07) is 3.29. The van der Waals surface area contributed by atoms with E-state index in [1.165, 1.54) is 12.1 Å². The van der Waals surface area contributed by atoms with Gasteiger partial charge >= 0.3 is 0 Å². The molecule has 1 aromatic carbocycles. The summed E-state index contributed by atoms with van der Waals surface area (Å²) in [6.45, 7) is 1.57. The quantitative estimate of drug-likeness (QED) is 0.840. The van der Waals surface area contributed by atoms with E-state index in [2.05, 4.69) is 10.6 Å². The predicted molar refractivity (Wildman–Crippen MR) is 71.4 cm³/mol. The largest absolute Gasteiger partial charge is 0.382 e. The highest BCUT2D eigenvalue weighted by Gasteiger charge is 2.15. The molecule has 1 saturated heterocycles. The van der Waals surface area contributed by atoms with E-state index in [1.807, 2.05) is 0 Å². The van der Waals surface area contributed by atoms with Gasteiger partial charge < -0.3 is 15.4 Å². The third-order valence-electron chi connectivity index (χ3n) is 3.15. The molecule has 1 aromatic rings. The molecule has 1 unspecified atom stereocenters. The Labute approximate surface area is 116 Å². The van der Waals surface area contributed by atoms with Gasteiger partial charge in [0.15, 0.2) is 0 Å². The second kappa shape index (κ2) is 7.19. The van der Waals surface area contributed by atoms with Crippen molar-refractivity contribution in [2.45, 2.75) is 25.4 Å². The van der Waals surface area contributed by atoms with Crippen LogP contribution in [0.3, 0.4) is 0 Å². The number of amides is 1. The van der Waals surface area contributed by atoms with Gasteiger partial charge in [0.05, 0.1) is 11.8 Å². The summed E-state index contributed by atoms with van der Waals surface area (Å²) in [6.07, 6.45) is 2.34. The van der Waals surface area contributed by atoms with Gasteiger partial charge in [0.1, 0.15) is 11.6 Å². The van der Waals surface area contributed by atoms with E-state index in [-0.39, 0.29) is 24.1 Å². The maximum atomic E-state index is 13.3. The molecule has 6 heteroatoms. The fourth-order valence-corrected chi connectivity index (χ4v) is 2.06. The van der Waals surface area contributed by atoms with E-state index >= 15 is 0 Å². The van der Waals surface area contributed by atoms with E-state index in [9.17, 15) is 13.6 Å². The molecule has 110 valence electrons. The third-order valence-corrected chi connectivity index (χ3v) is 3.15. The Morgan fingerprint density at radius 1 is 1.40 bits per heavy atom. The number of nitrogens with one attached hydrogen (secondary N) is 2. The van der Waals surface area contributed by atoms with Gasteiger partial charge in [0, 0.05) is 32.2 Å². The highest BCUT2D eigenvalue weighted by atomic mass is 19.1. The highest BCUT2D eigenvalue weighted by Crippen LogP contribution is 2.14. The first-order valence-corrected chi connectivity index (χ1v) is 6.72. The summed E-state index contributed by atoms with van der Waals surface area (Å²) in [5.41, 5.74) is 0.193. The van der Waals surface area contributed by atoms with E-state index < -0.39 is 11.6 Å². The van der Waals surface area contributed by atoms with E-state index in [0.717, 1.165) is 25.5 Å². The Bertz CT molecular complexity index is 462. The number of benzene rings is 1. The topological polar surface area (TPSA) is 50.4 Å². The third kappa shape index (κ3) is 4.45. The smallest absolute Gasteiger partial charge is 0.221 e. The van der Waals surface area contributed by atoms with Crippen molar-refractivity contribution >= 4 is 11.6 Å². The second-order valence-corrected chi connectivity index (χ2v) is 4.74. The minimum Gasteiger partial charge on any atom is -0.382 e. The van der Waals surface area contributed by atoms with Gasteiger partial charge in [-0.15, -0.1) is 0 Å². The van der Waals surface area contributed by atoms with Gasteiger partial charge in [-0.1, -0.05) is 0 Å². The molecule has 0 bridgehead atoms.